The average molecular weight is 345 g/mol. The van der Waals surface area contributed by atoms with Crippen LogP contribution in [0.25, 0.3) is 0 Å². The van der Waals surface area contributed by atoms with E-state index in [1.165, 1.54) is 0 Å². The van der Waals surface area contributed by atoms with Crippen LogP contribution in [0.3, 0.4) is 0 Å². The minimum Gasteiger partial charge on any atom is -0.386 e. The number of benzene rings is 1. The van der Waals surface area contributed by atoms with E-state index in [1.54, 1.807) is 0 Å². The lowest BCUT2D eigenvalue weighted by atomic mass is 10.1. The zero-order valence-electron chi connectivity index (χ0n) is 13.4. The van der Waals surface area contributed by atoms with Gasteiger partial charge in [-0.05, 0) is 24.6 Å². The van der Waals surface area contributed by atoms with Gasteiger partial charge in [-0.2, -0.15) is 9.98 Å². The summed E-state index contributed by atoms with van der Waals surface area (Å²) in [5.41, 5.74) is 7.91. The number of carbonyl (C=O) groups excluding carboxylic acids is 1. The first-order valence-corrected chi connectivity index (χ1v) is 8.12. The van der Waals surface area contributed by atoms with Gasteiger partial charge in [-0.1, -0.05) is 24.4 Å². The minimum absolute atomic E-state index is 0.168. The summed E-state index contributed by atoms with van der Waals surface area (Å²) in [5, 5.41) is 3.05. The Kier molecular flexibility index (Phi) is 4.86. The number of nitrogens with two attached hydrogens (primary N) is 1. The third-order valence-electron chi connectivity index (χ3n) is 3.82. The van der Waals surface area contributed by atoms with Crippen molar-refractivity contribution in [2.24, 2.45) is 21.6 Å². The van der Waals surface area contributed by atoms with E-state index in [2.05, 4.69) is 15.3 Å². The molecule has 1 aromatic rings. The number of morpholine rings is 1. The van der Waals surface area contributed by atoms with Crippen molar-refractivity contribution in [3.63, 3.8) is 0 Å². The smallest absolute Gasteiger partial charge is 0.266 e. The number of guanidine groups is 1. The van der Waals surface area contributed by atoms with Crippen LogP contribution in [0.2, 0.25) is 0 Å². The van der Waals surface area contributed by atoms with E-state index in [-0.39, 0.29) is 5.84 Å². The number of hydrogen-bond acceptors (Lipinski definition) is 6. The highest BCUT2D eigenvalue weighted by molar-refractivity contribution is 7.80. The fourth-order valence-corrected chi connectivity index (χ4v) is 2.92. The molecule has 0 spiro atoms. The summed E-state index contributed by atoms with van der Waals surface area (Å²) in [6.45, 7) is 4.42. The fourth-order valence-electron chi connectivity index (χ4n) is 2.58. The van der Waals surface area contributed by atoms with E-state index < -0.39 is 11.8 Å². The number of thiocarbonyl (C=S) groups is 1. The van der Waals surface area contributed by atoms with Gasteiger partial charge in [0.15, 0.2) is 0 Å². The average Bonchev–Trinajstić information content (AvgIpc) is 2.55. The summed E-state index contributed by atoms with van der Waals surface area (Å²) in [4.78, 5) is 23.0. The molecular weight excluding hydrogens is 326 g/mol. The summed E-state index contributed by atoms with van der Waals surface area (Å²) in [6.07, 6.45) is 0. The van der Waals surface area contributed by atoms with Crippen molar-refractivity contribution < 1.29 is 9.53 Å². The van der Waals surface area contributed by atoms with Gasteiger partial charge >= 0.3 is 0 Å². The lowest BCUT2D eigenvalue weighted by Gasteiger charge is -2.30. The molecule has 1 saturated heterocycles. The predicted molar refractivity (Wildman–Crippen MR) is 97.3 cm³/mol. The molecule has 0 saturated carbocycles. The number of amidine groups is 1. The van der Waals surface area contributed by atoms with Crippen LogP contribution in [-0.4, -0.2) is 53.9 Å². The first kappa shape index (κ1) is 16.5. The van der Waals surface area contributed by atoms with Gasteiger partial charge in [0, 0.05) is 18.8 Å². The maximum absolute atomic E-state index is 12.4. The molecule has 8 heteroatoms. The molecule has 0 bridgehead atoms. The first-order chi connectivity index (χ1) is 11.5. The highest BCUT2D eigenvalue weighted by Crippen LogP contribution is 2.16. The van der Waals surface area contributed by atoms with Crippen molar-refractivity contribution in [3.8, 4) is 0 Å². The van der Waals surface area contributed by atoms with Gasteiger partial charge in [0.05, 0.1) is 13.2 Å². The lowest BCUT2D eigenvalue weighted by molar-refractivity contribution is -0.118. The zero-order valence-corrected chi connectivity index (χ0v) is 14.2. The number of nitrogens with zero attached hydrogens (tertiary/aromatic N) is 3. The van der Waals surface area contributed by atoms with Gasteiger partial charge in [-0.3, -0.25) is 4.79 Å². The quantitative estimate of drug-likeness (QED) is 0.775. The Morgan fingerprint density at radius 3 is 2.79 bits per heavy atom. The summed E-state index contributed by atoms with van der Waals surface area (Å²) in [7, 11) is 0. The van der Waals surface area contributed by atoms with Gasteiger partial charge in [-0.25, -0.2) is 0 Å². The highest BCUT2D eigenvalue weighted by Gasteiger charge is 2.33. The molecule has 2 aliphatic rings. The molecule has 3 rings (SSSR count). The molecule has 0 aromatic heterocycles. The monoisotopic (exact) mass is 345 g/mol. The third-order valence-corrected chi connectivity index (χ3v) is 4.16. The van der Waals surface area contributed by atoms with Crippen LogP contribution in [0.15, 0.2) is 34.3 Å². The molecule has 1 aromatic carbocycles. The highest BCUT2D eigenvalue weighted by atomic mass is 32.1. The predicted octanol–water partition coefficient (Wildman–Crippen LogP) is 0.936. The normalized spacial score (nSPS) is 21.1. The minimum atomic E-state index is -0.828. The van der Waals surface area contributed by atoms with Crippen molar-refractivity contribution in [2.75, 3.05) is 31.6 Å². The van der Waals surface area contributed by atoms with Crippen LogP contribution in [0.4, 0.5) is 5.69 Å². The van der Waals surface area contributed by atoms with Crippen LogP contribution in [-0.2, 0) is 9.53 Å². The second-order valence-corrected chi connectivity index (χ2v) is 6.12. The molecule has 1 unspecified atom stereocenters. The number of aliphatic imine (C=N–C) groups is 2. The van der Waals surface area contributed by atoms with Gasteiger partial charge in [0.25, 0.3) is 5.91 Å². The van der Waals surface area contributed by atoms with Crippen molar-refractivity contribution in [1.82, 2.24) is 4.90 Å². The van der Waals surface area contributed by atoms with Crippen molar-refractivity contribution >= 4 is 40.6 Å². The number of carbonyl (C=O) groups is 1. The molecule has 2 heterocycles. The first-order valence-electron chi connectivity index (χ1n) is 7.71. The van der Waals surface area contributed by atoms with Gasteiger partial charge in [0.2, 0.25) is 5.96 Å². The SMILES string of the molecule is Cc1cccc(NC(=S)C2C(=O)N=C(N3CCOCC3)N=C2N)c1. The molecule has 3 N–H and O–H groups in total. The maximum Gasteiger partial charge on any atom is 0.266 e. The van der Waals surface area contributed by atoms with E-state index in [1.807, 2.05) is 36.1 Å². The Labute approximate surface area is 145 Å². The number of aryl methyl sites for hydroxylation is 1. The van der Waals surface area contributed by atoms with E-state index in [9.17, 15) is 4.79 Å². The molecule has 1 atom stereocenters. The van der Waals surface area contributed by atoms with E-state index in [0.29, 0.717) is 37.3 Å². The largest absolute Gasteiger partial charge is 0.386 e. The number of ether oxygens (including phenoxy) is 1. The maximum atomic E-state index is 12.4. The van der Waals surface area contributed by atoms with E-state index >= 15 is 0 Å². The summed E-state index contributed by atoms with van der Waals surface area (Å²) < 4.78 is 5.29. The summed E-state index contributed by atoms with van der Waals surface area (Å²) >= 11 is 5.35. The van der Waals surface area contributed by atoms with Gasteiger partial charge in [-0.15, -0.1) is 0 Å². The summed E-state index contributed by atoms with van der Waals surface area (Å²) in [5.74, 6) is -0.712. The number of anilines is 1. The molecule has 1 amide bonds. The molecular formula is C16H19N5O2S. The van der Waals surface area contributed by atoms with E-state index in [4.69, 9.17) is 22.7 Å². The zero-order chi connectivity index (χ0) is 17.1. The molecule has 126 valence electrons. The van der Waals surface area contributed by atoms with Crippen LogP contribution in [0, 0.1) is 12.8 Å². The summed E-state index contributed by atoms with van der Waals surface area (Å²) in [6, 6.07) is 7.71. The van der Waals surface area contributed by atoms with Crippen molar-refractivity contribution in [2.45, 2.75) is 6.92 Å². The van der Waals surface area contributed by atoms with Crippen LogP contribution >= 0.6 is 12.2 Å². The van der Waals surface area contributed by atoms with Gasteiger partial charge in [0.1, 0.15) is 16.7 Å². The van der Waals surface area contributed by atoms with Crippen molar-refractivity contribution in [1.29, 1.82) is 0 Å². The Hall–Kier alpha value is -2.32. The topological polar surface area (TPSA) is 92.3 Å². The number of amides is 1. The Morgan fingerprint density at radius 2 is 2.12 bits per heavy atom. The Morgan fingerprint density at radius 1 is 1.38 bits per heavy atom. The van der Waals surface area contributed by atoms with Crippen molar-refractivity contribution in [3.05, 3.63) is 29.8 Å². The van der Waals surface area contributed by atoms with E-state index in [0.717, 1.165) is 11.3 Å². The molecule has 7 nitrogen and oxygen atoms in total. The Bertz CT molecular complexity index is 725. The standard InChI is InChI=1S/C16H19N5O2S/c1-10-3-2-4-11(9-10)18-15(24)12-13(17)19-16(20-14(12)22)21-5-7-23-8-6-21/h2-4,9,12H,5-8H2,1H3,(H,18,24)(H2,17,19,20,22). The third kappa shape index (κ3) is 3.60. The number of hydrogen-bond donors (Lipinski definition) is 2. The van der Waals surface area contributed by atoms with Gasteiger partial charge < -0.3 is 20.7 Å². The molecule has 24 heavy (non-hydrogen) atoms. The molecule has 1 fully saturated rings. The molecule has 0 radical (unpaired) electrons. The second-order valence-electron chi connectivity index (χ2n) is 5.68. The fraction of sp³-hybridized carbons (Fsp3) is 0.375. The lowest BCUT2D eigenvalue weighted by Crippen LogP contribution is -2.47. The molecule has 2 aliphatic heterocycles. The number of rotatable bonds is 2. The number of nitrogens with one attached hydrogen (secondary N) is 1. The van der Waals surface area contributed by atoms with Crippen LogP contribution in [0.1, 0.15) is 5.56 Å². The van der Waals surface area contributed by atoms with Crippen LogP contribution < -0.4 is 11.1 Å². The second kappa shape index (κ2) is 7.06. The Balaban J connectivity index is 1.73. The van der Waals surface area contributed by atoms with Crippen LogP contribution in [0.5, 0.6) is 0 Å². The molecule has 0 aliphatic carbocycles.